The number of ether oxygens (including phenoxy) is 2. The van der Waals surface area contributed by atoms with E-state index in [-0.39, 0.29) is 12.4 Å². The molecule has 0 aliphatic carbocycles. The number of hydrogen-bond acceptors (Lipinski definition) is 3. The van der Waals surface area contributed by atoms with E-state index in [4.69, 9.17) is 15.2 Å². The Bertz CT molecular complexity index is 572. The van der Waals surface area contributed by atoms with Gasteiger partial charge in [0.05, 0.1) is 6.61 Å². The van der Waals surface area contributed by atoms with Crippen molar-refractivity contribution in [1.82, 2.24) is 0 Å². The molecule has 0 atom stereocenters. The average molecular weight is 275 g/mol. The molecule has 2 N–H and O–H groups in total. The van der Waals surface area contributed by atoms with Gasteiger partial charge in [-0.15, -0.1) is 0 Å². The monoisotopic (exact) mass is 275 g/mol. The van der Waals surface area contributed by atoms with Gasteiger partial charge in [-0.05, 0) is 30.7 Å². The molecular formula is C16H18FNO2. The van der Waals surface area contributed by atoms with Crippen molar-refractivity contribution in [2.75, 3.05) is 6.61 Å². The van der Waals surface area contributed by atoms with E-state index in [0.29, 0.717) is 24.5 Å². The van der Waals surface area contributed by atoms with Crippen LogP contribution in [-0.2, 0) is 13.2 Å². The summed E-state index contributed by atoms with van der Waals surface area (Å²) >= 11 is 0. The van der Waals surface area contributed by atoms with Crippen molar-refractivity contribution in [3.05, 3.63) is 59.4 Å². The van der Waals surface area contributed by atoms with Gasteiger partial charge in [0.1, 0.15) is 23.9 Å². The molecule has 20 heavy (non-hydrogen) atoms. The Morgan fingerprint density at radius 2 is 1.80 bits per heavy atom. The second-order valence-corrected chi connectivity index (χ2v) is 4.33. The summed E-state index contributed by atoms with van der Waals surface area (Å²) in [6.07, 6.45) is 0. The van der Waals surface area contributed by atoms with Gasteiger partial charge < -0.3 is 15.2 Å². The molecule has 106 valence electrons. The summed E-state index contributed by atoms with van der Waals surface area (Å²) in [7, 11) is 0. The van der Waals surface area contributed by atoms with E-state index < -0.39 is 0 Å². The van der Waals surface area contributed by atoms with Crippen LogP contribution < -0.4 is 15.2 Å². The van der Waals surface area contributed by atoms with Gasteiger partial charge in [0.2, 0.25) is 0 Å². The molecule has 0 spiro atoms. The Labute approximate surface area is 118 Å². The third kappa shape index (κ3) is 3.71. The van der Waals surface area contributed by atoms with Gasteiger partial charge in [0, 0.05) is 18.2 Å². The Balaban J connectivity index is 2.03. The second kappa shape index (κ2) is 6.91. The summed E-state index contributed by atoms with van der Waals surface area (Å²) in [5.41, 5.74) is 6.74. The lowest BCUT2D eigenvalue weighted by Gasteiger charge is -2.09. The summed E-state index contributed by atoms with van der Waals surface area (Å²) in [6, 6.07) is 12.2. The van der Waals surface area contributed by atoms with E-state index in [9.17, 15) is 4.39 Å². The largest absolute Gasteiger partial charge is 0.494 e. The smallest absolute Gasteiger partial charge is 0.130 e. The third-order valence-electron chi connectivity index (χ3n) is 2.86. The molecule has 4 heteroatoms. The molecule has 3 nitrogen and oxygen atoms in total. The number of rotatable bonds is 6. The maximum Gasteiger partial charge on any atom is 0.130 e. The third-order valence-corrected chi connectivity index (χ3v) is 2.86. The second-order valence-electron chi connectivity index (χ2n) is 4.33. The molecule has 0 heterocycles. The Kier molecular flexibility index (Phi) is 4.96. The minimum atomic E-state index is -0.297. The number of benzene rings is 2. The van der Waals surface area contributed by atoms with Crippen molar-refractivity contribution < 1.29 is 13.9 Å². The molecule has 2 aromatic carbocycles. The molecule has 0 amide bonds. The predicted molar refractivity (Wildman–Crippen MR) is 76.2 cm³/mol. The normalized spacial score (nSPS) is 10.3. The average Bonchev–Trinajstić information content (AvgIpc) is 2.46. The van der Waals surface area contributed by atoms with Crippen molar-refractivity contribution in [3.63, 3.8) is 0 Å². The van der Waals surface area contributed by atoms with Crippen LogP contribution in [-0.4, -0.2) is 6.61 Å². The quantitative estimate of drug-likeness (QED) is 0.880. The van der Waals surface area contributed by atoms with Crippen LogP contribution in [0.4, 0.5) is 4.39 Å². The fourth-order valence-electron chi connectivity index (χ4n) is 1.82. The highest BCUT2D eigenvalue weighted by Crippen LogP contribution is 2.21. The molecule has 0 saturated heterocycles. The molecule has 0 saturated carbocycles. The van der Waals surface area contributed by atoms with E-state index in [1.165, 1.54) is 6.07 Å². The first kappa shape index (κ1) is 14.3. The summed E-state index contributed by atoms with van der Waals surface area (Å²) in [6.45, 7) is 3.02. The summed E-state index contributed by atoms with van der Waals surface area (Å²) in [5.74, 6) is 1.09. The molecular weight excluding hydrogens is 257 g/mol. The van der Waals surface area contributed by atoms with Crippen LogP contribution in [0.15, 0.2) is 42.5 Å². The Hall–Kier alpha value is -2.07. The van der Waals surface area contributed by atoms with Crippen LogP contribution in [0.3, 0.4) is 0 Å². The highest BCUT2D eigenvalue weighted by Gasteiger charge is 2.05. The first-order valence-electron chi connectivity index (χ1n) is 6.56. The SMILES string of the molecule is CCOc1cccc(OCc2ccc(CN)cc2F)c1. The lowest BCUT2D eigenvalue weighted by molar-refractivity contribution is 0.294. The molecule has 0 unspecified atom stereocenters. The molecule has 2 rings (SSSR count). The zero-order chi connectivity index (χ0) is 14.4. The molecule has 0 aliphatic heterocycles. The summed E-state index contributed by atoms with van der Waals surface area (Å²) in [4.78, 5) is 0. The van der Waals surface area contributed by atoms with E-state index in [1.807, 2.05) is 25.1 Å². The lowest BCUT2D eigenvalue weighted by Crippen LogP contribution is -2.02. The van der Waals surface area contributed by atoms with Gasteiger partial charge in [-0.25, -0.2) is 4.39 Å². The molecule has 0 aromatic heterocycles. The van der Waals surface area contributed by atoms with E-state index in [2.05, 4.69) is 0 Å². The highest BCUT2D eigenvalue weighted by molar-refractivity contribution is 5.33. The molecule has 2 aromatic rings. The van der Waals surface area contributed by atoms with Gasteiger partial charge in [0.25, 0.3) is 0 Å². The zero-order valence-electron chi connectivity index (χ0n) is 11.4. The van der Waals surface area contributed by atoms with Crippen molar-refractivity contribution in [3.8, 4) is 11.5 Å². The van der Waals surface area contributed by atoms with Crippen molar-refractivity contribution in [2.24, 2.45) is 5.73 Å². The van der Waals surface area contributed by atoms with Crippen LogP contribution in [0.2, 0.25) is 0 Å². The molecule has 0 fully saturated rings. The van der Waals surface area contributed by atoms with Gasteiger partial charge in [-0.3, -0.25) is 0 Å². The zero-order valence-corrected chi connectivity index (χ0v) is 11.4. The lowest BCUT2D eigenvalue weighted by atomic mass is 10.1. The van der Waals surface area contributed by atoms with E-state index >= 15 is 0 Å². The molecule has 0 aliphatic rings. The predicted octanol–water partition coefficient (Wildman–Crippen LogP) is 3.26. The molecule has 0 bridgehead atoms. The van der Waals surface area contributed by atoms with E-state index in [0.717, 1.165) is 11.3 Å². The number of nitrogens with two attached hydrogens (primary N) is 1. The van der Waals surface area contributed by atoms with Gasteiger partial charge in [-0.2, -0.15) is 0 Å². The maximum absolute atomic E-state index is 13.8. The Morgan fingerprint density at radius 1 is 1.05 bits per heavy atom. The summed E-state index contributed by atoms with van der Waals surface area (Å²) in [5, 5.41) is 0. The molecule has 0 radical (unpaired) electrons. The number of halogens is 1. The van der Waals surface area contributed by atoms with Gasteiger partial charge in [-0.1, -0.05) is 18.2 Å². The van der Waals surface area contributed by atoms with Crippen molar-refractivity contribution in [1.29, 1.82) is 0 Å². The van der Waals surface area contributed by atoms with E-state index in [1.54, 1.807) is 18.2 Å². The Morgan fingerprint density at radius 3 is 2.45 bits per heavy atom. The maximum atomic E-state index is 13.8. The van der Waals surface area contributed by atoms with Gasteiger partial charge in [0.15, 0.2) is 0 Å². The van der Waals surface area contributed by atoms with Crippen LogP contribution in [0, 0.1) is 5.82 Å². The first-order valence-corrected chi connectivity index (χ1v) is 6.56. The highest BCUT2D eigenvalue weighted by atomic mass is 19.1. The van der Waals surface area contributed by atoms with Crippen LogP contribution >= 0.6 is 0 Å². The van der Waals surface area contributed by atoms with Crippen LogP contribution in [0.5, 0.6) is 11.5 Å². The van der Waals surface area contributed by atoms with Gasteiger partial charge >= 0.3 is 0 Å². The standard InChI is InChI=1S/C16H18FNO2/c1-2-19-14-4-3-5-15(9-14)20-11-13-7-6-12(10-18)8-16(13)17/h3-9H,2,10-11,18H2,1H3. The van der Waals surface area contributed by atoms with Crippen molar-refractivity contribution >= 4 is 0 Å². The van der Waals surface area contributed by atoms with Crippen LogP contribution in [0.25, 0.3) is 0 Å². The number of hydrogen-bond donors (Lipinski definition) is 1. The minimum Gasteiger partial charge on any atom is -0.494 e. The van der Waals surface area contributed by atoms with Crippen LogP contribution in [0.1, 0.15) is 18.1 Å². The fourth-order valence-corrected chi connectivity index (χ4v) is 1.82. The summed E-state index contributed by atoms with van der Waals surface area (Å²) < 4.78 is 24.7. The minimum absolute atomic E-state index is 0.173. The fraction of sp³-hybridized carbons (Fsp3) is 0.250. The van der Waals surface area contributed by atoms with Crippen molar-refractivity contribution in [2.45, 2.75) is 20.1 Å². The first-order chi connectivity index (χ1) is 9.72. The topological polar surface area (TPSA) is 44.5 Å².